The molecule has 29 heavy (non-hydrogen) atoms. The number of methoxy groups -OCH3 is 1. The Bertz CT molecular complexity index is 1110. The first kappa shape index (κ1) is 19.9. The number of fused-ring (bicyclic) bond motifs is 1. The second-order valence-electron chi connectivity index (χ2n) is 7.32. The highest BCUT2D eigenvalue weighted by atomic mass is 79.9. The van der Waals surface area contributed by atoms with E-state index in [0.717, 1.165) is 23.0 Å². The SMILES string of the molecule is COc1cc(O)c2c(=O)cc(-c3ccc(Br)cc3)oc2c1C1CCN(C)C1CO. The molecular weight excluding hydrogens is 438 g/mol. The lowest BCUT2D eigenvalue weighted by Crippen LogP contribution is -2.32. The predicted molar refractivity (Wildman–Crippen MR) is 115 cm³/mol. The monoisotopic (exact) mass is 459 g/mol. The number of likely N-dealkylation sites (N-methyl/N-ethyl adjacent to an activating group) is 1. The Labute approximate surface area is 176 Å². The summed E-state index contributed by atoms with van der Waals surface area (Å²) in [6.07, 6.45) is 0.782. The number of phenols is 1. The van der Waals surface area contributed by atoms with Gasteiger partial charge in [0.25, 0.3) is 0 Å². The zero-order chi connectivity index (χ0) is 20.7. The second-order valence-corrected chi connectivity index (χ2v) is 8.24. The first-order valence-corrected chi connectivity index (χ1v) is 10.2. The van der Waals surface area contributed by atoms with Crippen LogP contribution < -0.4 is 10.2 Å². The van der Waals surface area contributed by atoms with Crippen molar-refractivity contribution >= 4 is 26.9 Å². The molecule has 152 valence electrons. The van der Waals surface area contributed by atoms with Crippen molar-refractivity contribution in [2.75, 3.05) is 27.3 Å². The van der Waals surface area contributed by atoms with Crippen LogP contribution in [0.3, 0.4) is 0 Å². The molecule has 3 aromatic rings. The average molecular weight is 460 g/mol. The molecule has 1 fully saturated rings. The molecule has 2 aromatic carbocycles. The predicted octanol–water partition coefficient (Wildman–Crippen LogP) is 3.72. The van der Waals surface area contributed by atoms with Gasteiger partial charge in [-0.3, -0.25) is 4.79 Å². The summed E-state index contributed by atoms with van der Waals surface area (Å²) in [6.45, 7) is 0.779. The minimum absolute atomic E-state index is 0.0245. The van der Waals surface area contributed by atoms with Crippen molar-refractivity contribution in [1.82, 2.24) is 4.90 Å². The van der Waals surface area contributed by atoms with Crippen LogP contribution in [0.2, 0.25) is 0 Å². The van der Waals surface area contributed by atoms with Gasteiger partial charge in [0.1, 0.15) is 28.2 Å². The minimum Gasteiger partial charge on any atom is -0.507 e. The van der Waals surface area contributed by atoms with Gasteiger partial charge in [-0.2, -0.15) is 0 Å². The molecule has 1 aliphatic heterocycles. The van der Waals surface area contributed by atoms with Gasteiger partial charge < -0.3 is 24.3 Å². The van der Waals surface area contributed by atoms with Gasteiger partial charge in [-0.15, -0.1) is 0 Å². The number of nitrogens with zero attached hydrogens (tertiary/aromatic N) is 1. The number of rotatable bonds is 4. The van der Waals surface area contributed by atoms with Gasteiger partial charge in [-0.05, 0) is 32.1 Å². The van der Waals surface area contributed by atoms with Gasteiger partial charge in [0.05, 0.1) is 13.7 Å². The number of halogens is 1. The van der Waals surface area contributed by atoms with Gasteiger partial charge in [-0.25, -0.2) is 0 Å². The van der Waals surface area contributed by atoms with Crippen molar-refractivity contribution < 1.29 is 19.4 Å². The fourth-order valence-corrected chi connectivity index (χ4v) is 4.46. The van der Waals surface area contributed by atoms with Crippen LogP contribution >= 0.6 is 15.9 Å². The van der Waals surface area contributed by atoms with Gasteiger partial charge in [0, 0.05) is 39.7 Å². The van der Waals surface area contributed by atoms with E-state index in [-0.39, 0.29) is 35.1 Å². The summed E-state index contributed by atoms with van der Waals surface area (Å²) in [7, 11) is 3.48. The first-order chi connectivity index (χ1) is 13.9. The number of aromatic hydroxyl groups is 1. The summed E-state index contributed by atoms with van der Waals surface area (Å²) in [6, 6.07) is 10.2. The maximum atomic E-state index is 12.9. The van der Waals surface area contributed by atoms with Gasteiger partial charge in [-0.1, -0.05) is 28.1 Å². The number of aliphatic hydroxyl groups excluding tert-OH is 1. The molecule has 2 heterocycles. The third kappa shape index (κ3) is 3.43. The van der Waals surface area contributed by atoms with E-state index in [1.54, 1.807) is 0 Å². The summed E-state index contributed by atoms with van der Waals surface area (Å²) in [4.78, 5) is 15.0. The van der Waals surface area contributed by atoms with E-state index < -0.39 is 0 Å². The lowest BCUT2D eigenvalue weighted by Gasteiger charge is -2.25. The van der Waals surface area contributed by atoms with Crippen LogP contribution in [0.4, 0.5) is 0 Å². The first-order valence-electron chi connectivity index (χ1n) is 9.39. The zero-order valence-electron chi connectivity index (χ0n) is 16.2. The lowest BCUT2D eigenvalue weighted by molar-refractivity contribution is 0.171. The number of likely N-dealkylation sites (tertiary alicyclic amines) is 1. The molecular formula is C22H22BrNO5. The molecule has 1 saturated heterocycles. The zero-order valence-corrected chi connectivity index (χ0v) is 17.8. The number of aliphatic hydroxyl groups is 1. The van der Waals surface area contributed by atoms with Crippen LogP contribution in [0.5, 0.6) is 11.5 Å². The van der Waals surface area contributed by atoms with Crippen molar-refractivity contribution in [3.05, 3.63) is 56.7 Å². The summed E-state index contributed by atoms with van der Waals surface area (Å²) in [5.74, 6) is 0.593. The molecule has 0 spiro atoms. The maximum Gasteiger partial charge on any atom is 0.197 e. The Morgan fingerprint density at radius 2 is 2.00 bits per heavy atom. The van der Waals surface area contributed by atoms with Crippen molar-refractivity contribution in [3.8, 4) is 22.8 Å². The van der Waals surface area contributed by atoms with Gasteiger partial charge in [0.15, 0.2) is 5.43 Å². The fourth-order valence-electron chi connectivity index (χ4n) is 4.20. The second kappa shape index (κ2) is 7.82. The summed E-state index contributed by atoms with van der Waals surface area (Å²) in [5.41, 5.74) is 1.45. The summed E-state index contributed by atoms with van der Waals surface area (Å²) >= 11 is 3.41. The quantitative estimate of drug-likeness (QED) is 0.618. The molecule has 0 bridgehead atoms. The van der Waals surface area contributed by atoms with Gasteiger partial charge >= 0.3 is 0 Å². The Balaban J connectivity index is 2.01. The summed E-state index contributed by atoms with van der Waals surface area (Å²) in [5, 5.41) is 20.6. The molecule has 1 aromatic heterocycles. The molecule has 0 amide bonds. The molecule has 1 aliphatic rings. The van der Waals surface area contributed by atoms with Crippen LogP contribution in [0.25, 0.3) is 22.3 Å². The fraction of sp³-hybridized carbons (Fsp3) is 0.318. The van der Waals surface area contributed by atoms with Crippen LogP contribution in [-0.2, 0) is 0 Å². The molecule has 0 radical (unpaired) electrons. The number of hydrogen-bond donors (Lipinski definition) is 2. The largest absolute Gasteiger partial charge is 0.507 e. The average Bonchev–Trinajstić information content (AvgIpc) is 3.07. The Morgan fingerprint density at radius 3 is 2.66 bits per heavy atom. The lowest BCUT2D eigenvalue weighted by atomic mass is 9.89. The molecule has 6 nitrogen and oxygen atoms in total. The standard InChI is InChI=1S/C22H22BrNO5/c1-24-8-7-14(15(24)11-25)20-19(28-2)10-17(27)21-16(26)9-18(29-22(20)21)12-3-5-13(23)6-4-12/h3-6,9-10,14-15,25,27H,7-8,11H2,1-2H3. The highest BCUT2D eigenvalue weighted by Gasteiger charge is 2.37. The van der Waals surface area contributed by atoms with E-state index in [0.29, 0.717) is 22.7 Å². The van der Waals surface area contributed by atoms with E-state index in [2.05, 4.69) is 20.8 Å². The Morgan fingerprint density at radius 1 is 1.28 bits per heavy atom. The third-order valence-corrected chi connectivity index (χ3v) is 6.24. The molecule has 2 atom stereocenters. The topological polar surface area (TPSA) is 83.1 Å². The number of benzene rings is 2. The van der Waals surface area contributed by atoms with E-state index in [1.165, 1.54) is 19.2 Å². The molecule has 2 N–H and O–H groups in total. The summed E-state index contributed by atoms with van der Waals surface area (Å²) < 4.78 is 12.7. The highest BCUT2D eigenvalue weighted by Crippen LogP contribution is 2.44. The normalized spacial score (nSPS) is 19.7. The van der Waals surface area contributed by atoms with E-state index in [9.17, 15) is 15.0 Å². The highest BCUT2D eigenvalue weighted by molar-refractivity contribution is 9.10. The molecule has 0 aliphatic carbocycles. The number of phenolic OH excluding ortho intramolecular Hbond substituents is 1. The van der Waals surface area contributed by atoms with E-state index in [1.807, 2.05) is 31.3 Å². The van der Waals surface area contributed by atoms with E-state index >= 15 is 0 Å². The van der Waals surface area contributed by atoms with Crippen LogP contribution in [0, 0.1) is 0 Å². The third-order valence-electron chi connectivity index (χ3n) is 5.71. The van der Waals surface area contributed by atoms with Crippen molar-refractivity contribution in [1.29, 1.82) is 0 Å². The molecule has 2 unspecified atom stereocenters. The number of hydrogen-bond acceptors (Lipinski definition) is 6. The van der Waals surface area contributed by atoms with Crippen LogP contribution in [0.1, 0.15) is 17.9 Å². The Hall–Kier alpha value is -2.35. The smallest absolute Gasteiger partial charge is 0.197 e. The van der Waals surface area contributed by atoms with Crippen molar-refractivity contribution in [3.63, 3.8) is 0 Å². The van der Waals surface area contributed by atoms with E-state index in [4.69, 9.17) is 9.15 Å². The Kier molecular flexibility index (Phi) is 5.38. The molecule has 0 saturated carbocycles. The molecule has 7 heteroatoms. The van der Waals surface area contributed by atoms with Gasteiger partial charge in [0.2, 0.25) is 0 Å². The van der Waals surface area contributed by atoms with Crippen LogP contribution in [-0.4, -0.2) is 48.5 Å². The van der Waals surface area contributed by atoms with Crippen molar-refractivity contribution in [2.24, 2.45) is 0 Å². The molecule has 4 rings (SSSR count). The number of ether oxygens (including phenoxy) is 1. The minimum atomic E-state index is -0.322. The maximum absolute atomic E-state index is 12.9. The van der Waals surface area contributed by atoms with Crippen molar-refractivity contribution in [2.45, 2.75) is 18.4 Å². The van der Waals surface area contributed by atoms with Crippen LogP contribution in [0.15, 0.2) is 50.1 Å².